The Hall–Kier alpha value is -1.60. The van der Waals surface area contributed by atoms with Gasteiger partial charge >= 0.3 is 0 Å². The van der Waals surface area contributed by atoms with Gasteiger partial charge < -0.3 is 10.1 Å². The minimum Gasteiger partial charge on any atom is -0.381 e. The average Bonchev–Trinajstić information content (AvgIpc) is 2.23. The maximum Gasteiger partial charge on any atom is 0.142 e. The molecule has 1 fully saturated rings. The van der Waals surface area contributed by atoms with Gasteiger partial charge in [0.1, 0.15) is 17.6 Å². The van der Waals surface area contributed by atoms with Crippen molar-refractivity contribution < 1.29 is 4.74 Å². The van der Waals surface area contributed by atoms with Gasteiger partial charge in [-0.25, -0.2) is 4.98 Å². The third-order valence-corrected chi connectivity index (χ3v) is 2.64. The quantitative estimate of drug-likeness (QED) is 0.809. The van der Waals surface area contributed by atoms with Crippen LogP contribution in [-0.4, -0.2) is 24.2 Å². The van der Waals surface area contributed by atoms with E-state index in [1.165, 1.54) is 0 Å². The first-order chi connectivity index (χ1) is 7.31. The number of nitriles is 1. The second-order valence-corrected chi connectivity index (χ2v) is 3.69. The fourth-order valence-electron chi connectivity index (χ4n) is 1.66. The highest BCUT2D eigenvalue weighted by atomic mass is 16.5. The third kappa shape index (κ3) is 2.25. The molecule has 1 aromatic rings. The summed E-state index contributed by atoms with van der Waals surface area (Å²) in [7, 11) is 1.73. The number of anilines is 1. The molecule has 1 N–H and O–H groups in total. The standard InChI is InChI=1S/C11H13N3O/c1-15-10-5-9(6-10)14-11-4-2-3-8(7-12)13-11/h2-4,9-10H,5-6H2,1H3,(H,13,14). The van der Waals surface area contributed by atoms with Crippen LogP contribution in [0.1, 0.15) is 18.5 Å². The van der Waals surface area contributed by atoms with Crippen molar-refractivity contribution in [3.8, 4) is 6.07 Å². The zero-order valence-corrected chi connectivity index (χ0v) is 8.60. The molecule has 1 aliphatic rings. The Balaban J connectivity index is 1.92. The summed E-state index contributed by atoms with van der Waals surface area (Å²) in [5.74, 6) is 0.772. The number of nitrogens with one attached hydrogen (secondary N) is 1. The summed E-state index contributed by atoms with van der Waals surface area (Å²) >= 11 is 0. The summed E-state index contributed by atoms with van der Waals surface area (Å²) in [6, 6.07) is 7.86. The zero-order valence-electron chi connectivity index (χ0n) is 8.60. The highest BCUT2D eigenvalue weighted by Gasteiger charge is 2.28. The SMILES string of the molecule is COC1CC(Nc2cccc(C#N)n2)C1. The van der Waals surface area contributed by atoms with Crippen LogP contribution in [0, 0.1) is 11.3 Å². The van der Waals surface area contributed by atoms with Crippen molar-refractivity contribution >= 4 is 5.82 Å². The van der Waals surface area contributed by atoms with Gasteiger partial charge in [0, 0.05) is 13.2 Å². The highest BCUT2D eigenvalue weighted by molar-refractivity contribution is 5.39. The number of nitrogens with zero attached hydrogens (tertiary/aromatic N) is 2. The van der Waals surface area contributed by atoms with Crippen LogP contribution in [0.5, 0.6) is 0 Å². The fourth-order valence-corrected chi connectivity index (χ4v) is 1.66. The van der Waals surface area contributed by atoms with Crippen LogP contribution in [0.25, 0.3) is 0 Å². The number of methoxy groups -OCH3 is 1. The molecule has 78 valence electrons. The molecule has 0 unspecified atom stereocenters. The van der Waals surface area contributed by atoms with E-state index in [4.69, 9.17) is 10.00 Å². The molecule has 1 heterocycles. The van der Waals surface area contributed by atoms with Gasteiger partial charge in [-0.1, -0.05) is 6.07 Å². The van der Waals surface area contributed by atoms with Crippen LogP contribution in [0.3, 0.4) is 0 Å². The lowest BCUT2D eigenvalue weighted by atomic mass is 9.89. The monoisotopic (exact) mass is 203 g/mol. The summed E-state index contributed by atoms with van der Waals surface area (Å²) in [4.78, 5) is 4.15. The van der Waals surface area contributed by atoms with E-state index in [0.29, 0.717) is 17.8 Å². The van der Waals surface area contributed by atoms with Gasteiger partial charge in [-0.15, -0.1) is 0 Å². The first-order valence-corrected chi connectivity index (χ1v) is 4.98. The molecule has 1 saturated carbocycles. The number of hydrogen-bond donors (Lipinski definition) is 1. The molecule has 0 bridgehead atoms. The zero-order chi connectivity index (χ0) is 10.7. The maximum atomic E-state index is 8.69. The molecule has 1 aromatic heterocycles. The first-order valence-electron chi connectivity index (χ1n) is 4.98. The second kappa shape index (κ2) is 4.28. The van der Waals surface area contributed by atoms with Crippen molar-refractivity contribution in [2.45, 2.75) is 25.0 Å². The smallest absolute Gasteiger partial charge is 0.142 e. The molecule has 15 heavy (non-hydrogen) atoms. The molecule has 0 amide bonds. The van der Waals surface area contributed by atoms with E-state index in [1.54, 1.807) is 13.2 Å². The van der Waals surface area contributed by atoms with E-state index in [1.807, 2.05) is 18.2 Å². The van der Waals surface area contributed by atoms with E-state index in [9.17, 15) is 0 Å². The highest BCUT2D eigenvalue weighted by Crippen LogP contribution is 2.25. The van der Waals surface area contributed by atoms with Crippen LogP contribution in [-0.2, 0) is 4.74 Å². The number of pyridine rings is 1. The maximum absolute atomic E-state index is 8.69. The molecule has 0 aliphatic heterocycles. The van der Waals surface area contributed by atoms with Crippen molar-refractivity contribution in [2.75, 3.05) is 12.4 Å². The normalized spacial score (nSPS) is 24.0. The predicted molar refractivity (Wildman–Crippen MR) is 56.4 cm³/mol. The molecule has 0 atom stereocenters. The third-order valence-electron chi connectivity index (χ3n) is 2.64. The minimum absolute atomic E-state index is 0.377. The van der Waals surface area contributed by atoms with E-state index in [-0.39, 0.29) is 0 Å². The van der Waals surface area contributed by atoms with Crippen molar-refractivity contribution in [1.29, 1.82) is 5.26 Å². The topological polar surface area (TPSA) is 57.9 Å². The summed E-state index contributed by atoms with van der Waals surface area (Å²) in [6.45, 7) is 0. The average molecular weight is 203 g/mol. The molecule has 4 heteroatoms. The Morgan fingerprint density at radius 3 is 3.00 bits per heavy atom. The molecular formula is C11H13N3O. The van der Waals surface area contributed by atoms with Crippen LogP contribution in [0.4, 0.5) is 5.82 Å². The summed E-state index contributed by atoms with van der Waals surface area (Å²) in [5.41, 5.74) is 0.447. The number of rotatable bonds is 3. The van der Waals surface area contributed by atoms with E-state index >= 15 is 0 Å². The second-order valence-electron chi connectivity index (χ2n) is 3.69. The molecule has 0 spiro atoms. The van der Waals surface area contributed by atoms with Gasteiger partial charge in [-0.2, -0.15) is 5.26 Å². The van der Waals surface area contributed by atoms with Crippen LogP contribution < -0.4 is 5.32 Å². The van der Waals surface area contributed by atoms with Crippen LogP contribution in [0.15, 0.2) is 18.2 Å². The van der Waals surface area contributed by atoms with Gasteiger partial charge in [0.2, 0.25) is 0 Å². The number of ether oxygens (including phenoxy) is 1. The van der Waals surface area contributed by atoms with Gasteiger partial charge in [0.05, 0.1) is 6.10 Å². The van der Waals surface area contributed by atoms with Crippen molar-refractivity contribution in [3.05, 3.63) is 23.9 Å². The largest absolute Gasteiger partial charge is 0.381 e. The Morgan fingerprint density at radius 1 is 1.53 bits per heavy atom. The van der Waals surface area contributed by atoms with E-state index < -0.39 is 0 Å². The van der Waals surface area contributed by atoms with Gasteiger partial charge in [-0.3, -0.25) is 0 Å². The molecule has 0 saturated heterocycles. The van der Waals surface area contributed by atoms with Gasteiger partial charge in [-0.05, 0) is 25.0 Å². The molecule has 1 aliphatic carbocycles. The Labute approximate surface area is 88.9 Å². The van der Waals surface area contributed by atoms with Crippen molar-refractivity contribution in [2.24, 2.45) is 0 Å². The lowest BCUT2D eigenvalue weighted by molar-refractivity contribution is 0.0328. The Bertz CT molecular complexity index is 380. The molecule has 0 radical (unpaired) electrons. The lowest BCUT2D eigenvalue weighted by Gasteiger charge is -2.34. The van der Waals surface area contributed by atoms with Crippen LogP contribution >= 0.6 is 0 Å². The van der Waals surface area contributed by atoms with Crippen molar-refractivity contribution in [3.63, 3.8) is 0 Å². The van der Waals surface area contributed by atoms with Crippen LogP contribution in [0.2, 0.25) is 0 Å². The van der Waals surface area contributed by atoms with E-state index in [0.717, 1.165) is 18.7 Å². The molecule has 2 rings (SSSR count). The predicted octanol–water partition coefficient (Wildman–Crippen LogP) is 1.54. The number of hydrogen-bond acceptors (Lipinski definition) is 4. The molecular weight excluding hydrogens is 190 g/mol. The molecule has 4 nitrogen and oxygen atoms in total. The fraction of sp³-hybridized carbons (Fsp3) is 0.455. The Morgan fingerprint density at radius 2 is 2.33 bits per heavy atom. The minimum atomic E-state index is 0.377. The summed E-state index contributed by atoms with van der Waals surface area (Å²) in [6.07, 6.45) is 2.39. The number of aromatic nitrogens is 1. The lowest BCUT2D eigenvalue weighted by Crippen LogP contribution is -2.40. The summed E-state index contributed by atoms with van der Waals surface area (Å²) < 4.78 is 5.19. The van der Waals surface area contributed by atoms with Crippen molar-refractivity contribution in [1.82, 2.24) is 4.98 Å². The van der Waals surface area contributed by atoms with Gasteiger partial charge in [0.25, 0.3) is 0 Å². The first kappa shape index (κ1) is 9.94. The summed E-state index contributed by atoms with van der Waals surface area (Å²) in [5, 5.41) is 12.0. The van der Waals surface area contributed by atoms with E-state index in [2.05, 4.69) is 10.3 Å². The molecule has 0 aromatic carbocycles. The Kier molecular flexibility index (Phi) is 2.84. The van der Waals surface area contributed by atoms with Gasteiger partial charge in [0.15, 0.2) is 0 Å².